The van der Waals surface area contributed by atoms with Gasteiger partial charge in [0.15, 0.2) is 9.03 Å². The quantitative estimate of drug-likeness (QED) is 0.531. The molecule has 0 aliphatic rings. The summed E-state index contributed by atoms with van der Waals surface area (Å²) in [5.74, 6) is 0. The molecule has 7 heavy (non-hydrogen) atoms. The Hall–Kier alpha value is 0.350. The smallest absolute Gasteiger partial charge is 0.152 e. The van der Waals surface area contributed by atoms with E-state index in [1.807, 2.05) is 20.8 Å². The van der Waals surface area contributed by atoms with Crippen LogP contribution in [0.4, 0.5) is 0 Å². The van der Waals surface area contributed by atoms with Gasteiger partial charge in [0, 0.05) is 0 Å². The Kier molecular flexibility index (Phi) is 2.74. The van der Waals surface area contributed by atoms with Gasteiger partial charge in [0.05, 0.1) is 5.60 Å². The van der Waals surface area contributed by atoms with Gasteiger partial charge in [-0.05, 0) is 20.8 Å². The first-order valence-electron chi connectivity index (χ1n) is 2.13. The molecule has 1 atom stereocenters. The van der Waals surface area contributed by atoms with Gasteiger partial charge in [0.25, 0.3) is 0 Å². The molecule has 0 saturated heterocycles. The normalized spacial score (nSPS) is 13.7. The Morgan fingerprint density at radius 2 is 1.86 bits per heavy atom. The molecule has 0 spiro atoms. The molecule has 0 radical (unpaired) electrons. The first-order chi connectivity index (χ1) is 3.06. The molecule has 3 heteroatoms. The summed E-state index contributed by atoms with van der Waals surface area (Å²) in [4.78, 5) is 8.21. The molecule has 0 bridgehead atoms. The predicted molar refractivity (Wildman–Crippen MR) is 31.4 cm³/mol. The Balaban J connectivity index is 3.15. The summed E-state index contributed by atoms with van der Waals surface area (Å²) in [7, 11) is -0.391. The van der Waals surface area contributed by atoms with Crippen LogP contribution in [0.2, 0.25) is 0 Å². The lowest BCUT2D eigenvalue weighted by atomic mass is 10.2. The fourth-order valence-corrected chi connectivity index (χ4v) is 0.411. The topological polar surface area (TPSA) is 29.5 Å². The van der Waals surface area contributed by atoms with E-state index >= 15 is 0 Å². The van der Waals surface area contributed by atoms with Crippen LogP contribution in [0.25, 0.3) is 0 Å². The molecule has 2 nitrogen and oxygen atoms in total. The fourth-order valence-electron chi connectivity index (χ4n) is 0.137. The van der Waals surface area contributed by atoms with E-state index in [2.05, 4.69) is 0 Å². The van der Waals surface area contributed by atoms with Gasteiger partial charge in [0.1, 0.15) is 0 Å². The molecule has 0 rings (SSSR count). The van der Waals surface area contributed by atoms with Crippen molar-refractivity contribution < 1.29 is 9.42 Å². The molecule has 1 unspecified atom stereocenters. The summed E-state index contributed by atoms with van der Waals surface area (Å²) in [6, 6.07) is 0. The minimum atomic E-state index is -0.391. The van der Waals surface area contributed by atoms with Gasteiger partial charge < -0.3 is 9.42 Å². The molecular formula is C4H11O2P. The van der Waals surface area contributed by atoms with Crippen molar-refractivity contribution in [3.8, 4) is 0 Å². The van der Waals surface area contributed by atoms with Crippen molar-refractivity contribution in [1.29, 1.82) is 0 Å². The summed E-state index contributed by atoms with van der Waals surface area (Å²) in [6.45, 7) is 5.70. The van der Waals surface area contributed by atoms with Gasteiger partial charge in [-0.3, -0.25) is 0 Å². The third-order valence-corrected chi connectivity index (χ3v) is 1.06. The average Bonchev–Trinajstić information content (AvgIpc) is 1.30. The van der Waals surface area contributed by atoms with Crippen LogP contribution in [0.15, 0.2) is 0 Å². The number of hydrogen-bond acceptors (Lipinski definition) is 2. The Morgan fingerprint density at radius 3 is 1.86 bits per heavy atom. The second-order valence-corrected chi connectivity index (χ2v) is 2.69. The Labute approximate surface area is 45.8 Å². The van der Waals surface area contributed by atoms with Gasteiger partial charge in [0.2, 0.25) is 0 Å². The molecule has 0 aliphatic carbocycles. The zero-order valence-electron chi connectivity index (χ0n) is 4.86. The largest absolute Gasteiger partial charge is 0.352 e. The van der Waals surface area contributed by atoms with Crippen molar-refractivity contribution in [1.82, 2.24) is 0 Å². The molecule has 1 N–H and O–H groups in total. The van der Waals surface area contributed by atoms with Gasteiger partial charge in [-0.25, -0.2) is 0 Å². The van der Waals surface area contributed by atoms with E-state index in [1.165, 1.54) is 0 Å². The molecule has 0 aromatic rings. The number of rotatable bonds is 1. The van der Waals surface area contributed by atoms with Gasteiger partial charge in [-0.15, -0.1) is 0 Å². The van der Waals surface area contributed by atoms with Crippen LogP contribution in [0.5, 0.6) is 0 Å². The highest BCUT2D eigenvalue weighted by Gasteiger charge is 2.07. The molecule has 0 aromatic heterocycles. The van der Waals surface area contributed by atoms with Crippen molar-refractivity contribution in [3.63, 3.8) is 0 Å². The lowest BCUT2D eigenvalue weighted by Gasteiger charge is -2.15. The molecule has 0 aromatic carbocycles. The van der Waals surface area contributed by atoms with Crippen molar-refractivity contribution in [2.24, 2.45) is 0 Å². The standard InChI is InChI=1S/C4H11O2P/c1-4(2,3)6-7-5/h5,7H,1-3H3. The average molecular weight is 122 g/mol. The highest BCUT2D eigenvalue weighted by atomic mass is 31.1. The summed E-state index contributed by atoms with van der Waals surface area (Å²) in [5, 5.41) is 0. The van der Waals surface area contributed by atoms with Crippen LogP contribution in [-0.2, 0) is 4.52 Å². The zero-order valence-corrected chi connectivity index (χ0v) is 5.86. The summed E-state index contributed by atoms with van der Waals surface area (Å²) in [6.07, 6.45) is 0. The number of hydrogen-bond donors (Lipinski definition) is 1. The maximum atomic E-state index is 8.21. The second-order valence-electron chi connectivity index (χ2n) is 2.31. The van der Waals surface area contributed by atoms with E-state index in [9.17, 15) is 0 Å². The highest BCUT2D eigenvalue weighted by Crippen LogP contribution is 2.17. The molecule has 0 heterocycles. The van der Waals surface area contributed by atoms with Gasteiger partial charge in [-0.1, -0.05) is 0 Å². The van der Waals surface area contributed by atoms with Crippen molar-refractivity contribution in [2.75, 3.05) is 0 Å². The Bertz CT molecular complexity index is 48.1. The van der Waals surface area contributed by atoms with E-state index < -0.39 is 9.03 Å². The minimum absolute atomic E-state index is 0.187. The maximum Gasteiger partial charge on any atom is 0.152 e. The van der Waals surface area contributed by atoms with E-state index in [4.69, 9.17) is 9.42 Å². The van der Waals surface area contributed by atoms with Crippen molar-refractivity contribution in [2.45, 2.75) is 26.4 Å². The maximum absolute atomic E-state index is 8.21. The van der Waals surface area contributed by atoms with Gasteiger partial charge >= 0.3 is 0 Å². The summed E-state index contributed by atoms with van der Waals surface area (Å²) in [5.41, 5.74) is -0.187. The summed E-state index contributed by atoms with van der Waals surface area (Å²) < 4.78 is 4.81. The second kappa shape index (κ2) is 2.61. The van der Waals surface area contributed by atoms with E-state index in [1.54, 1.807) is 0 Å². The molecular weight excluding hydrogens is 111 g/mol. The zero-order chi connectivity index (χ0) is 5.91. The fraction of sp³-hybridized carbons (Fsp3) is 1.00. The first-order valence-corrected chi connectivity index (χ1v) is 2.99. The molecule has 0 amide bonds. The third kappa shape index (κ3) is 6.35. The van der Waals surface area contributed by atoms with Crippen LogP contribution in [0, 0.1) is 0 Å². The summed E-state index contributed by atoms with van der Waals surface area (Å²) >= 11 is 0. The predicted octanol–water partition coefficient (Wildman–Crippen LogP) is 1.30. The molecule has 0 fully saturated rings. The van der Waals surface area contributed by atoms with Gasteiger partial charge in [-0.2, -0.15) is 0 Å². The van der Waals surface area contributed by atoms with E-state index in [0.29, 0.717) is 0 Å². The molecule has 44 valence electrons. The molecule has 0 aliphatic heterocycles. The van der Waals surface area contributed by atoms with E-state index in [-0.39, 0.29) is 5.60 Å². The van der Waals surface area contributed by atoms with Crippen molar-refractivity contribution >= 4 is 9.03 Å². The van der Waals surface area contributed by atoms with Crippen LogP contribution in [0.1, 0.15) is 20.8 Å². The minimum Gasteiger partial charge on any atom is -0.352 e. The van der Waals surface area contributed by atoms with Crippen LogP contribution >= 0.6 is 9.03 Å². The monoisotopic (exact) mass is 122 g/mol. The molecule has 0 saturated carbocycles. The van der Waals surface area contributed by atoms with Crippen LogP contribution in [0.3, 0.4) is 0 Å². The third-order valence-electron chi connectivity index (χ3n) is 0.352. The van der Waals surface area contributed by atoms with Crippen LogP contribution < -0.4 is 0 Å². The highest BCUT2D eigenvalue weighted by molar-refractivity contribution is 7.25. The first kappa shape index (κ1) is 7.35. The van der Waals surface area contributed by atoms with E-state index in [0.717, 1.165) is 0 Å². The Morgan fingerprint density at radius 1 is 1.43 bits per heavy atom. The SMILES string of the molecule is CC(C)(C)OPO. The van der Waals surface area contributed by atoms with Crippen LogP contribution in [-0.4, -0.2) is 10.5 Å². The lowest BCUT2D eigenvalue weighted by molar-refractivity contribution is 0.142. The van der Waals surface area contributed by atoms with Crippen molar-refractivity contribution in [3.05, 3.63) is 0 Å². The lowest BCUT2D eigenvalue weighted by Crippen LogP contribution is -2.13.